The van der Waals surface area contributed by atoms with Crippen molar-refractivity contribution in [1.29, 1.82) is 0 Å². The van der Waals surface area contributed by atoms with Gasteiger partial charge in [-0.25, -0.2) is 8.42 Å². The molecule has 0 unspecified atom stereocenters. The van der Waals surface area contributed by atoms with E-state index in [-0.39, 0.29) is 17.3 Å². The fraction of sp³-hybridized carbons (Fsp3) is 0.355. The third-order valence-corrected chi connectivity index (χ3v) is 8.75. The molecule has 214 valence electrons. The van der Waals surface area contributed by atoms with Crippen LogP contribution >= 0.6 is 15.9 Å². The van der Waals surface area contributed by atoms with Gasteiger partial charge in [0.1, 0.15) is 12.6 Å². The monoisotopic (exact) mass is 627 g/mol. The molecular formula is C31H38BrN3O4S. The van der Waals surface area contributed by atoms with Crippen LogP contribution in [0, 0.1) is 13.8 Å². The molecule has 1 atom stereocenters. The molecule has 0 aliphatic carbocycles. The van der Waals surface area contributed by atoms with Crippen molar-refractivity contribution in [3.8, 4) is 0 Å². The van der Waals surface area contributed by atoms with E-state index in [1.807, 2.05) is 65.8 Å². The SMILES string of the molecule is CC[C@@H](C(=O)NC(C)(C)C)N(Cc1ccccc1C)C(=O)CN(c1cccc(Br)c1)S(=O)(=O)c1ccc(C)cc1. The van der Waals surface area contributed by atoms with Crippen LogP contribution < -0.4 is 9.62 Å². The molecule has 3 aromatic carbocycles. The molecular weight excluding hydrogens is 590 g/mol. The van der Waals surface area contributed by atoms with E-state index in [2.05, 4.69) is 21.2 Å². The van der Waals surface area contributed by atoms with Crippen molar-refractivity contribution in [2.75, 3.05) is 10.8 Å². The molecule has 0 aliphatic heterocycles. The molecule has 1 N–H and O–H groups in total. The molecule has 7 nitrogen and oxygen atoms in total. The number of halogens is 1. The molecule has 3 rings (SSSR count). The summed E-state index contributed by atoms with van der Waals surface area (Å²) in [6, 6.07) is 20.2. The molecule has 0 bridgehead atoms. The summed E-state index contributed by atoms with van der Waals surface area (Å²) in [5.74, 6) is -0.762. The van der Waals surface area contributed by atoms with Crippen molar-refractivity contribution >= 4 is 43.5 Å². The van der Waals surface area contributed by atoms with Crippen LogP contribution in [0.4, 0.5) is 5.69 Å². The first-order chi connectivity index (χ1) is 18.7. The number of rotatable bonds is 10. The number of nitrogens with one attached hydrogen (secondary N) is 1. The Morgan fingerprint density at radius 1 is 0.950 bits per heavy atom. The fourth-order valence-electron chi connectivity index (χ4n) is 4.34. The van der Waals surface area contributed by atoms with Gasteiger partial charge in [0.15, 0.2) is 0 Å². The number of benzene rings is 3. The van der Waals surface area contributed by atoms with Gasteiger partial charge in [-0.1, -0.05) is 70.9 Å². The summed E-state index contributed by atoms with van der Waals surface area (Å²) >= 11 is 3.42. The number of hydrogen-bond acceptors (Lipinski definition) is 4. The van der Waals surface area contributed by atoms with Gasteiger partial charge < -0.3 is 10.2 Å². The van der Waals surface area contributed by atoms with Crippen LogP contribution in [0.5, 0.6) is 0 Å². The molecule has 40 heavy (non-hydrogen) atoms. The summed E-state index contributed by atoms with van der Waals surface area (Å²) in [5, 5.41) is 2.99. The predicted octanol–water partition coefficient (Wildman–Crippen LogP) is 5.98. The highest BCUT2D eigenvalue weighted by Crippen LogP contribution is 2.27. The zero-order chi connectivity index (χ0) is 29.7. The van der Waals surface area contributed by atoms with E-state index in [0.29, 0.717) is 16.6 Å². The van der Waals surface area contributed by atoms with E-state index < -0.39 is 34.1 Å². The average molecular weight is 629 g/mol. The molecule has 0 heterocycles. The van der Waals surface area contributed by atoms with Crippen LogP contribution in [0.2, 0.25) is 0 Å². The Labute approximate surface area is 246 Å². The first-order valence-electron chi connectivity index (χ1n) is 13.2. The van der Waals surface area contributed by atoms with Crippen molar-refractivity contribution in [3.05, 3.63) is 94.0 Å². The highest BCUT2D eigenvalue weighted by molar-refractivity contribution is 9.10. The Kier molecular flexibility index (Phi) is 10.2. The van der Waals surface area contributed by atoms with Crippen LogP contribution in [0.3, 0.4) is 0 Å². The summed E-state index contributed by atoms with van der Waals surface area (Å²) in [6.45, 7) is 11.0. The quantitative estimate of drug-likeness (QED) is 0.299. The van der Waals surface area contributed by atoms with Crippen molar-refractivity contribution in [2.45, 2.75) is 71.0 Å². The van der Waals surface area contributed by atoms with Crippen molar-refractivity contribution in [3.63, 3.8) is 0 Å². The highest BCUT2D eigenvalue weighted by atomic mass is 79.9. The zero-order valence-corrected chi connectivity index (χ0v) is 26.3. The van der Waals surface area contributed by atoms with Gasteiger partial charge in [0.05, 0.1) is 10.6 Å². The number of carbonyl (C=O) groups is 2. The standard InChI is InChI=1S/C31H38BrN3O4S/c1-7-28(30(37)33-31(4,5)6)34(20-24-12-9-8-11-23(24)3)29(36)21-35(26-14-10-13-25(32)19-26)40(38,39)27-17-15-22(2)16-18-27/h8-19,28H,7,20-21H2,1-6H3,(H,33,37)/t28-/m0/s1. The molecule has 0 spiro atoms. The minimum Gasteiger partial charge on any atom is -0.350 e. The van der Waals surface area contributed by atoms with Gasteiger partial charge in [-0.3, -0.25) is 13.9 Å². The smallest absolute Gasteiger partial charge is 0.264 e. The minimum absolute atomic E-state index is 0.0776. The lowest BCUT2D eigenvalue weighted by atomic mass is 10.0. The van der Waals surface area contributed by atoms with Gasteiger partial charge in [0, 0.05) is 16.6 Å². The van der Waals surface area contributed by atoms with Gasteiger partial charge in [0.2, 0.25) is 11.8 Å². The molecule has 2 amide bonds. The zero-order valence-electron chi connectivity index (χ0n) is 23.9. The van der Waals surface area contributed by atoms with Gasteiger partial charge in [-0.15, -0.1) is 0 Å². The average Bonchev–Trinajstić information content (AvgIpc) is 2.87. The summed E-state index contributed by atoms with van der Waals surface area (Å²) in [4.78, 5) is 29.2. The molecule has 0 saturated heterocycles. The number of anilines is 1. The van der Waals surface area contributed by atoms with Crippen LogP contribution in [-0.2, 0) is 26.2 Å². The highest BCUT2D eigenvalue weighted by Gasteiger charge is 2.34. The van der Waals surface area contributed by atoms with E-state index in [9.17, 15) is 18.0 Å². The van der Waals surface area contributed by atoms with Crippen LogP contribution in [0.15, 0.2) is 82.2 Å². The number of amides is 2. The maximum atomic E-state index is 14.2. The molecule has 3 aromatic rings. The second kappa shape index (κ2) is 13.0. The number of carbonyl (C=O) groups excluding carboxylic acids is 2. The summed E-state index contributed by atoms with van der Waals surface area (Å²) < 4.78 is 29.7. The number of sulfonamides is 1. The third kappa shape index (κ3) is 7.95. The maximum absolute atomic E-state index is 14.2. The molecule has 0 aromatic heterocycles. The van der Waals surface area contributed by atoms with Gasteiger partial charge in [0.25, 0.3) is 10.0 Å². The van der Waals surface area contributed by atoms with Crippen LogP contribution in [-0.4, -0.2) is 43.3 Å². The number of nitrogens with zero attached hydrogens (tertiary/aromatic N) is 2. The van der Waals surface area contributed by atoms with Gasteiger partial charge in [-0.2, -0.15) is 0 Å². The second-order valence-electron chi connectivity index (χ2n) is 10.9. The summed E-state index contributed by atoms with van der Waals surface area (Å²) in [7, 11) is -4.11. The lowest BCUT2D eigenvalue weighted by molar-refractivity contribution is -0.141. The van der Waals surface area contributed by atoms with Crippen LogP contribution in [0.25, 0.3) is 0 Å². The molecule has 0 radical (unpaired) electrons. The fourth-order valence-corrected chi connectivity index (χ4v) is 6.13. The van der Waals surface area contributed by atoms with E-state index in [1.54, 1.807) is 36.4 Å². The number of hydrogen-bond donors (Lipinski definition) is 1. The molecule has 0 fully saturated rings. The lowest BCUT2D eigenvalue weighted by Gasteiger charge is -2.35. The van der Waals surface area contributed by atoms with E-state index >= 15 is 0 Å². The topological polar surface area (TPSA) is 86.8 Å². The Hall–Kier alpha value is -3.17. The van der Waals surface area contributed by atoms with Crippen molar-refractivity contribution < 1.29 is 18.0 Å². The summed E-state index contributed by atoms with van der Waals surface area (Å²) in [6.07, 6.45) is 0.362. The van der Waals surface area contributed by atoms with Gasteiger partial charge >= 0.3 is 0 Å². The number of aryl methyl sites for hydroxylation is 2. The Balaban J connectivity index is 2.09. The van der Waals surface area contributed by atoms with Gasteiger partial charge in [-0.05, 0) is 82.5 Å². The van der Waals surface area contributed by atoms with Crippen molar-refractivity contribution in [2.24, 2.45) is 0 Å². The van der Waals surface area contributed by atoms with Crippen molar-refractivity contribution in [1.82, 2.24) is 10.2 Å². The first kappa shape index (κ1) is 31.4. The molecule has 0 saturated carbocycles. The Bertz CT molecular complexity index is 1450. The van der Waals surface area contributed by atoms with E-state index in [0.717, 1.165) is 21.0 Å². The Morgan fingerprint density at radius 3 is 2.17 bits per heavy atom. The lowest BCUT2D eigenvalue weighted by Crippen LogP contribution is -2.55. The third-order valence-electron chi connectivity index (χ3n) is 6.47. The minimum atomic E-state index is -4.11. The van der Waals surface area contributed by atoms with Crippen LogP contribution in [0.1, 0.15) is 50.8 Å². The normalized spacial score (nSPS) is 12.5. The molecule has 9 heteroatoms. The molecule has 0 aliphatic rings. The first-order valence-corrected chi connectivity index (χ1v) is 15.5. The summed E-state index contributed by atoms with van der Waals surface area (Å²) in [5.41, 5.74) is 2.62. The van der Waals surface area contributed by atoms with E-state index in [4.69, 9.17) is 0 Å². The van der Waals surface area contributed by atoms with E-state index in [1.165, 1.54) is 17.0 Å². The predicted molar refractivity (Wildman–Crippen MR) is 164 cm³/mol. The maximum Gasteiger partial charge on any atom is 0.264 e. The Morgan fingerprint density at radius 2 is 1.60 bits per heavy atom. The second-order valence-corrected chi connectivity index (χ2v) is 13.7. The largest absolute Gasteiger partial charge is 0.350 e.